The van der Waals surface area contributed by atoms with Crippen LogP contribution in [0.15, 0.2) is 82.8 Å². The van der Waals surface area contributed by atoms with Gasteiger partial charge >= 0.3 is 5.91 Å². The van der Waals surface area contributed by atoms with Gasteiger partial charge in [0.05, 0.1) is 23.9 Å². The molecule has 0 radical (unpaired) electrons. The quantitative estimate of drug-likeness (QED) is 0.0423. The number of fused-ring (bicyclic) bond motifs is 1. The Morgan fingerprint density at radius 3 is 2.59 bits per heavy atom. The van der Waals surface area contributed by atoms with E-state index in [-0.39, 0.29) is 16.5 Å². The molecule has 1 N–H and O–H groups in total. The first kappa shape index (κ1) is 29.9. The SMILES string of the molecule is CCCCOc1ccc(C2C(=C(O)c3c(C)nc4ccccn34)C(=O)C(=O)N2c2nnc(SCc3ccc(Cl)cc3)s2)cc1. The summed E-state index contributed by atoms with van der Waals surface area (Å²) in [7, 11) is 0. The molecule has 1 amide bonds. The maximum atomic E-state index is 13.7. The second-order valence-corrected chi connectivity index (χ2v) is 12.8. The topological polar surface area (TPSA) is 110 Å². The molecule has 0 bridgehead atoms. The second-order valence-electron chi connectivity index (χ2n) is 10.2. The minimum atomic E-state index is -0.949. The average molecular weight is 646 g/mol. The van der Waals surface area contributed by atoms with E-state index in [2.05, 4.69) is 22.1 Å². The van der Waals surface area contributed by atoms with Crippen LogP contribution in [-0.4, -0.2) is 43.0 Å². The van der Waals surface area contributed by atoms with Crippen LogP contribution in [0.5, 0.6) is 5.75 Å². The van der Waals surface area contributed by atoms with Gasteiger partial charge < -0.3 is 9.84 Å². The van der Waals surface area contributed by atoms with E-state index in [1.807, 2.05) is 42.5 Å². The Labute approximate surface area is 267 Å². The zero-order valence-corrected chi connectivity index (χ0v) is 26.3. The normalized spacial score (nSPS) is 16.2. The van der Waals surface area contributed by atoms with Crippen LogP contribution in [0, 0.1) is 6.92 Å². The highest BCUT2D eigenvalue weighted by Gasteiger charge is 2.49. The molecule has 9 nitrogen and oxygen atoms in total. The van der Waals surface area contributed by atoms with Crippen molar-refractivity contribution >= 4 is 62.9 Å². The molecule has 1 fully saturated rings. The van der Waals surface area contributed by atoms with Crippen LogP contribution in [0.25, 0.3) is 11.4 Å². The summed E-state index contributed by atoms with van der Waals surface area (Å²) in [6, 6.07) is 19.2. The standard InChI is InChI=1S/C32H28ClN5O4S2/c1-3-4-17-42-23-14-10-21(11-15-23)27-25(28(39)26-19(2)34-24-7-5-6-16-37(24)26)29(40)30(41)38(27)31-35-36-32(44-31)43-18-20-8-12-22(33)13-9-20/h5-16,27,39H,3-4,17-18H2,1-2H3. The molecular formula is C32H28ClN5O4S2. The van der Waals surface area contributed by atoms with E-state index in [0.717, 1.165) is 18.4 Å². The van der Waals surface area contributed by atoms with E-state index in [0.29, 0.717) is 50.1 Å². The van der Waals surface area contributed by atoms with Crippen molar-refractivity contribution in [1.29, 1.82) is 0 Å². The monoisotopic (exact) mass is 645 g/mol. The van der Waals surface area contributed by atoms with E-state index < -0.39 is 17.7 Å². The fraction of sp³-hybridized carbons (Fsp3) is 0.219. The highest BCUT2D eigenvalue weighted by molar-refractivity contribution is 8.00. The number of nitrogens with zero attached hydrogens (tertiary/aromatic N) is 5. The summed E-state index contributed by atoms with van der Waals surface area (Å²) in [5.74, 6) is -0.616. The predicted molar refractivity (Wildman–Crippen MR) is 172 cm³/mol. The number of carbonyl (C=O) groups is 2. The minimum absolute atomic E-state index is 0.0472. The number of Topliss-reactive ketones (excluding diaryl/α,β-unsaturated/α-hetero) is 1. The van der Waals surface area contributed by atoms with Crippen LogP contribution in [0.1, 0.15) is 48.3 Å². The van der Waals surface area contributed by atoms with Crippen LogP contribution >= 0.6 is 34.7 Å². The molecule has 224 valence electrons. The number of pyridine rings is 1. The maximum absolute atomic E-state index is 13.7. The lowest BCUT2D eigenvalue weighted by Crippen LogP contribution is -2.29. The molecule has 3 aromatic heterocycles. The zero-order chi connectivity index (χ0) is 30.8. The van der Waals surface area contributed by atoms with Gasteiger partial charge in [-0.25, -0.2) is 4.98 Å². The van der Waals surface area contributed by atoms with Crippen molar-refractivity contribution in [3.63, 3.8) is 0 Å². The van der Waals surface area contributed by atoms with Crippen molar-refractivity contribution in [3.05, 3.63) is 106 Å². The molecule has 0 aliphatic carbocycles. The van der Waals surface area contributed by atoms with Gasteiger partial charge in [-0.1, -0.05) is 78.4 Å². The lowest BCUT2D eigenvalue weighted by molar-refractivity contribution is -0.132. The Kier molecular flexibility index (Phi) is 8.69. The van der Waals surface area contributed by atoms with Crippen molar-refractivity contribution < 1.29 is 19.4 Å². The van der Waals surface area contributed by atoms with Crippen molar-refractivity contribution in [2.75, 3.05) is 11.5 Å². The molecule has 1 aliphatic rings. The Morgan fingerprint density at radius 2 is 1.84 bits per heavy atom. The van der Waals surface area contributed by atoms with Gasteiger partial charge in [-0.05, 0) is 60.9 Å². The lowest BCUT2D eigenvalue weighted by Gasteiger charge is -2.22. The molecule has 12 heteroatoms. The van der Waals surface area contributed by atoms with Crippen molar-refractivity contribution in [2.45, 2.75) is 42.8 Å². The number of thioether (sulfide) groups is 1. The summed E-state index contributed by atoms with van der Waals surface area (Å²) >= 11 is 8.69. The molecule has 0 saturated carbocycles. The van der Waals surface area contributed by atoms with Gasteiger partial charge in [-0.15, -0.1) is 10.2 Å². The number of benzene rings is 2. The number of aliphatic hydroxyl groups excluding tert-OH is 1. The first-order valence-corrected chi connectivity index (χ1v) is 16.2. The van der Waals surface area contributed by atoms with Gasteiger partial charge in [0.25, 0.3) is 5.78 Å². The summed E-state index contributed by atoms with van der Waals surface area (Å²) in [5.41, 5.74) is 3.10. The van der Waals surface area contributed by atoms with Gasteiger partial charge in [0.2, 0.25) is 5.13 Å². The molecule has 2 aromatic carbocycles. The number of rotatable bonds is 10. The molecule has 1 atom stereocenters. The summed E-state index contributed by atoms with van der Waals surface area (Å²) in [6.45, 7) is 4.43. The maximum Gasteiger partial charge on any atom is 0.301 e. The first-order chi connectivity index (χ1) is 21.4. The third-order valence-electron chi connectivity index (χ3n) is 7.21. The molecule has 5 aromatic rings. The van der Waals surface area contributed by atoms with Crippen LogP contribution in [-0.2, 0) is 15.3 Å². The minimum Gasteiger partial charge on any atom is -0.505 e. The largest absolute Gasteiger partial charge is 0.505 e. The molecule has 1 aliphatic heterocycles. The highest BCUT2D eigenvalue weighted by Crippen LogP contribution is 2.44. The fourth-order valence-electron chi connectivity index (χ4n) is 5.04. The number of carbonyl (C=O) groups excluding carboxylic acids is 2. The fourth-order valence-corrected chi connectivity index (χ4v) is 6.99. The van der Waals surface area contributed by atoms with Crippen LogP contribution in [0.2, 0.25) is 5.02 Å². The molecule has 1 saturated heterocycles. The number of ether oxygens (including phenoxy) is 1. The van der Waals surface area contributed by atoms with Gasteiger partial charge in [0, 0.05) is 17.0 Å². The summed E-state index contributed by atoms with van der Waals surface area (Å²) < 4.78 is 8.17. The van der Waals surface area contributed by atoms with E-state index in [4.69, 9.17) is 16.3 Å². The average Bonchev–Trinajstić information content (AvgIpc) is 3.70. The molecular weight excluding hydrogens is 618 g/mol. The molecule has 1 unspecified atom stereocenters. The smallest absolute Gasteiger partial charge is 0.301 e. The third-order valence-corrected chi connectivity index (χ3v) is 9.59. The molecule has 4 heterocycles. The number of imidazole rings is 1. The van der Waals surface area contributed by atoms with Crippen LogP contribution in [0.4, 0.5) is 5.13 Å². The lowest BCUT2D eigenvalue weighted by atomic mass is 9.96. The molecule has 0 spiro atoms. The number of hydrogen-bond acceptors (Lipinski definition) is 9. The first-order valence-electron chi connectivity index (χ1n) is 14.0. The van der Waals surface area contributed by atoms with Crippen LogP contribution in [0.3, 0.4) is 0 Å². The van der Waals surface area contributed by atoms with E-state index in [1.54, 1.807) is 41.8 Å². The zero-order valence-electron chi connectivity index (χ0n) is 23.9. The Bertz CT molecular complexity index is 1870. The number of anilines is 1. The van der Waals surface area contributed by atoms with Gasteiger partial charge in [-0.3, -0.25) is 18.9 Å². The number of unbranched alkanes of at least 4 members (excludes halogenated alkanes) is 1. The van der Waals surface area contributed by atoms with Crippen molar-refractivity contribution in [1.82, 2.24) is 19.6 Å². The Morgan fingerprint density at radius 1 is 1.07 bits per heavy atom. The number of aliphatic hydroxyl groups is 1. The van der Waals surface area contributed by atoms with Crippen molar-refractivity contribution in [3.8, 4) is 5.75 Å². The molecule has 44 heavy (non-hydrogen) atoms. The Hall–Kier alpha value is -4.19. The van der Waals surface area contributed by atoms with E-state index in [9.17, 15) is 14.7 Å². The third kappa shape index (κ3) is 5.82. The highest BCUT2D eigenvalue weighted by atomic mass is 35.5. The number of hydrogen-bond donors (Lipinski definition) is 1. The second kappa shape index (κ2) is 12.8. The number of amides is 1. The number of aryl methyl sites for hydroxylation is 1. The summed E-state index contributed by atoms with van der Waals surface area (Å²) in [6.07, 6.45) is 3.69. The summed E-state index contributed by atoms with van der Waals surface area (Å²) in [5, 5.41) is 21.3. The van der Waals surface area contributed by atoms with E-state index >= 15 is 0 Å². The van der Waals surface area contributed by atoms with Crippen molar-refractivity contribution in [2.24, 2.45) is 0 Å². The Balaban J connectivity index is 1.40. The van der Waals surface area contributed by atoms with Gasteiger partial charge in [0.1, 0.15) is 17.1 Å². The molecule has 6 rings (SSSR count). The van der Waals surface area contributed by atoms with E-state index in [1.165, 1.54) is 28.0 Å². The predicted octanol–water partition coefficient (Wildman–Crippen LogP) is 7.25. The number of aromatic nitrogens is 4. The number of halogens is 1. The van der Waals surface area contributed by atoms with Gasteiger partial charge in [0.15, 0.2) is 10.1 Å². The van der Waals surface area contributed by atoms with Gasteiger partial charge in [-0.2, -0.15) is 0 Å². The number of ketones is 1. The summed E-state index contributed by atoms with van der Waals surface area (Å²) in [4.78, 5) is 33.3. The van der Waals surface area contributed by atoms with Crippen LogP contribution < -0.4 is 9.64 Å².